The summed E-state index contributed by atoms with van der Waals surface area (Å²) in [7, 11) is 0. The highest BCUT2D eigenvalue weighted by molar-refractivity contribution is 5.82. The molecule has 0 unspecified atom stereocenters. The fourth-order valence-electron chi connectivity index (χ4n) is 4.54. The van der Waals surface area contributed by atoms with E-state index in [9.17, 15) is 9.59 Å². The number of hydrogen-bond donors (Lipinski definition) is 0. The second kappa shape index (κ2) is 6.79. The van der Waals surface area contributed by atoms with Gasteiger partial charge in [-0.05, 0) is 37.7 Å². The van der Waals surface area contributed by atoms with Gasteiger partial charge in [-0.25, -0.2) is 0 Å². The van der Waals surface area contributed by atoms with Crippen LogP contribution >= 0.6 is 0 Å². The molecule has 0 N–H and O–H groups in total. The summed E-state index contributed by atoms with van der Waals surface area (Å²) in [5, 5.41) is 0. The molecule has 134 valence electrons. The Balaban J connectivity index is 1.43. The number of ether oxygens (including phenoxy) is 1. The van der Waals surface area contributed by atoms with Crippen LogP contribution in [0.3, 0.4) is 0 Å². The van der Waals surface area contributed by atoms with Crippen LogP contribution < -0.4 is 0 Å². The maximum atomic E-state index is 12.6. The Morgan fingerprint density at radius 2 is 1.92 bits per heavy atom. The first-order chi connectivity index (χ1) is 12.2. The first-order valence-corrected chi connectivity index (χ1v) is 9.43. The molecule has 0 aromatic heterocycles. The maximum Gasteiger partial charge on any atom is 0.251 e. The van der Waals surface area contributed by atoms with Crippen molar-refractivity contribution in [1.82, 2.24) is 9.80 Å². The molecule has 3 saturated heterocycles. The number of carbonyl (C=O) groups is 2. The van der Waals surface area contributed by atoms with Crippen molar-refractivity contribution in [3.05, 3.63) is 35.9 Å². The molecule has 0 saturated carbocycles. The Kier molecular flexibility index (Phi) is 4.50. The molecule has 3 aliphatic rings. The maximum absolute atomic E-state index is 12.6. The molecule has 1 atom stereocenters. The van der Waals surface area contributed by atoms with Crippen molar-refractivity contribution in [3.8, 4) is 0 Å². The van der Waals surface area contributed by atoms with E-state index in [1.165, 1.54) is 5.56 Å². The minimum atomic E-state index is -0.236. The minimum absolute atomic E-state index is 0.0692. The van der Waals surface area contributed by atoms with Gasteiger partial charge in [0.1, 0.15) is 6.10 Å². The van der Waals surface area contributed by atoms with E-state index in [4.69, 9.17) is 4.74 Å². The van der Waals surface area contributed by atoms with Gasteiger partial charge in [0.25, 0.3) is 5.91 Å². The van der Waals surface area contributed by atoms with E-state index in [-0.39, 0.29) is 23.5 Å². The first-order valence-electron chi connectivity index (χ1n) is 9.43. The number of benzene rings is 1. The summed E-state index contributed by atoms with van der Waals surface area (Å²) in [4.78, 5) is 29.1. The summed E-state index contributed by atoms with van der Waals surface area (Å²) in [5.41, 5.74) is 1.11. The summed E-state index contributed by atoms with van der Waals surface area (Å²) in [5.74, 6) is 0.397. The first kappa shape index (κ1) is 16.6. The monoisotopic (exact) mass is 342 g/mol. The summed E-state index contributed by atoms with van der Waals surface area (Å²) in [6.07, 6.45) is 4.90. The van der Waals surface area contributed by atoms with E-state index >= 15 is 0 Å². The third kappa shape index (κ3) is 3.17. The van der Waals surface area contributed by atoms with Crippen LogP contribution in [-0.2, 0) is 20.9 Å². The lowest BCUT2D eigenvalue weighted by Crippen LogP contribution is -2.55. The highest BCUT2D eigenvalue weighted by Gasteiger charge is 2.47. The van der Waals surface area contributed by atoms with Gasteiger partial charge < -0.3 is 14.5 Å². The highest BCUT2D eigenvalue weighted by Crippen LogP contribution is 2.40. The molecule has 5 nitrogen and oxygen atoms in total. The topological polar surface area (TPSA) is 49.9 Å². The summed E-state index contributed by atoms with van der Waals surface area (Å²) >= 11 is 0. The van der Waals surface area contributed by atoms with Gasteiger partial charge in [-0.2, -0.15) is 0 Å². The third-order valence-electron chi connectivity index (χ3n) is 6.07. The summed E-state index contributed by atoms with van der Waals surface area (Å²) < 4.78 is 5.55. The Bertz CT molecular complexity index is 632. The summed E-state index contributed by atoms with van der Waals surface area (Å²) in [6, 6.07) is 10.2. The van der Waals surface area contributed by atoms with Gasteiger partial charge in [0, 0.05) is 38.2 Å². The van der Waals surface area contributed by atoms with Crippen LogP contribution in [0, 0.1) is 0 Å². The fraction of sp³-hybridized carbons (Fsp3) is 0.600. The van der Waals surface area contributed by atoms with Crippen molar-refractivity contribution < 1.29 is 14.3 Å². The Morgan fingerprint density at radius 1 is 1.16 bits per heavy atom. The average Bonchev–Trinajstić information content (AvgIpc) is 3.28. The van der Waals surface area contributed by atoms with E-state index in [1.807, 2.05) is 23.1 Å². The zero-order valence-corrected chi connectivity index (χ0v) is 14.7. The Morgan fingerprint density at radius 3 is 2.60 bits per heavy atom. The van der Waals surface area contributed by atoms with E-state index in [1.54, 1.807) is 0 Å². The summed E-state index contributed by atoms with van der Waals surface area (Å²) in [6.45, 7) is 2.85. The number of hydrogen-bond acceptors (Lipinski definition) is 3. The van der Waals surface area contributed by atoms with E-state index in [0.29, 0.717) is 19.6 Å². The molecule has 0 bridgehead atoms. The minimum Gasteiger partial charge on any atom is -0.368 e. The van der Waals surface area contributed by atoms with Crippen LogP contribution in [0.15, 0.2) is 30.3 Å². The average molecular weight is 342 g/mol. The molecule has 0 radical (unpaired) electrons. The van der Waals surface area contributed by atoms with Gasteiger partial charge in [0.15, 0.2) is 0 Å². The predicted octanol–water partition coefficient (Wildman–Crippen LogP) is 2.35. The smallest absolute Gasteiger partial charge is 0.251 e. The third-order valence-corrected chi connectivity index (χ3v) is 6.07. The Hall–Kier alpha value is -1.88. The van der Waals surface area contributed by atoms with Crippen molar-refractivity contribution >= 4 is 11.8 Å². The quantitative estimate of drug-likeness (QED) is 0.847. The van der Waals surface area contributed by atoms with Crippen LogP contribution in [0.5, 0.6) is 0 Å². The van der Waals surface area contributed by atoms with Gasteiger partial charge in [-0.15, -0.1) is 0 Å². The number of amides is 2. The lowest BCUT2D eigenvalue weighted by Gasteiger charge is -2.45. The largest absolute Gasteiger partial charge is 0.368 e. The van der Waals surface area contributed by atoms with Crippen LogP contribution in [-0.4, -0.2) is 53.0 Å². The number of carbonyl (C=O) groups excluding carboxylic acids is 2. The normalized spacial score (nSPS) is 25.8. The number of piperidine rings is 1. The van der Waals surface area contributed by atoms with Gasteiger partial charge in [-0.3, -0.25) is 9.59 Å². The number of rotatable bonds is 3. The van der Waals surface area contributed by atoms with E-state index in [2.05, 4.69) is 17.0 Å². The molecule has 2 amide bonds. The molecule has 0 aliphatic carbocycles. The van der Waals surface area contributed by atoms with Crippen LogP contribution in [0.4, 0.5) is 0 Å². The number of nitrogens with zero attached hydrogens (tertiary/aromatic N) is 2. The second-order valence-corrected chi connectivity index (χ2v) is 7.52. The molecule has 1 spiro atoms. The molecular weight excluding hydrogens is 316 g/mol. The Labute approximate surface area is 148 Å². The molecule has 3 heterocycles. The number of likely N-dealkylation sites (tertiary alicyclic amines) is 2. The lowest BCUT2D eigenvalue weighted by molar-refractivity contribution is -0.144. The zero-order valence-electron chi connectivity index (χ0n) is 14.7. The fourth-order valence-corrected chi connectivity index (χ4v) is 4.54. The molecular formula is C20H26N2O3. The predicted molar refractivity (Wildman–Crippen MR) is 93.7 cm³/mol. The van der Waals surface area contributed by atoms with Gasteiger partial charge in [-0.1, -0.05) is 30.3 Å². The van der Waals surface area contributed by atoms with Crippen molar-refractivity contribution in [2.75, 3.05) is 19.7 Å². The highest BCUT2D eigenvalue weighted by atomic mass is 16.5. The van der Waals surface area contributed by atoms with Gasteiger partial charge in [0.2, 0.25) is 5.91 Å². The SMILES string of the molecule is O=C([C@H]1CCCO1)N1CCC2(CCC(=O)N2Cc2ccccc2)CC1. The van der Waals surface area contributed by atoms with Gasteiger partial charge in [0.05, 0.1) is 0 Å². The zero-order chi connectivity index (χ0) is 17.3. The standard InChI is InChI=1S/C20H26N2O3/c23-18-8-9-20(22(18)15-16-5-2-1-3-6-16)10-12-21(13-11-20)19(24)17-7-4-14-25-17/h1-3,5-6,17H,4,7-15H2/t17-/m1/s1. The van der Waals surface area contributed by atoms with Crippen molar-refractivity contribution in [3.63, 3.8) is 0 Å². The molecule has 3 fully saturated rings. The molecule has 4 rings (SSSR count). The molecule has 3 aliphatic heterocycles. The van der Waals surface area contributed by atoms with Crippen LogP contribution in [0.1, 0.15) is 44.1 Å². The van der Waals surface area contributed by atoms with Crippen molar-refractivity contribution in [2.45, 2.75) is 56.7 Å². The van der Waals surface area contributed by atoms with E-state index < -0.39 is 0 Å². The van der Waals surface area contributed by atoms with Crippen LogP contribution in [0.2, 0.25) is 0 Å². The molecule has 1 aromatic rings. The molecule has 1 aromatic carbocycles. The van der Waals surface area contributed by atoms with Gasteiger partial charge >= 0.3 is 0 Å². The van der Waals surface area contributed by atoms with E-state index in [0.717, 1.165) is 45.2 Å². The molecule has 5 heteroatoms. The van der Waals surface area contributed by atoms with Crippen molar-refractivity contribution in [2.24, 2.45) is 0 Å². The second-order valence-electron chi connectivity index (χ2n) is 7.52. The van der Waals surface area contributed by atoms with Crippen molar-refractivity contribution in [1.29, 1.82) is 0 Å². The van der Waals surface area contributed by atoms with Crippen LogP contribution in [0.25, 0.3) is 0 Å². The molecule has 25 heavy (non-hydrogen) atoms. The lowest BCUT2D eigenvalue weighted by atomic mass is 9.84.